The standard InChI is InChI=1S/C15H27N3O/c1-13-11-18(10-9-16-13)12-15(19)17-8-7-14-5-3-2-4-6-14/h5,13,16H,2-4,6-12H2,1H3,(H,17,19)/t13-/m1/s1. The highest BCUT2D eigenvalue weighted by molar-refractivity contribution is 5.78. The smallest absolute Gasteiger partial charge is 0.234 e. The van der Waals surface area contributed by atoms with E-state index in [1.165, 1.54) is 31.3 Å². The fourth-order valence-electron chi connectivity index (χ4n) is 2.91. The Morgan fingerprint density at radius 1 is 1.53 bits per heavy atom. The molecule has 2 N–H and O–H groups in total. The van der Waals surface area contributed by atoms with Gasteiger partial charge in [-0.25, -0.2) is 0 Å². The molecule has 0 spiro atoms. The minimum absolute atomic E-state index is 0.172. The van der Waals surface area contributed by atoms with E-state index in [4.69, 9.17) is 0 Å². The van der Waals surface area contributed by atoms with Crippen molar-refractivity contribution in [3.8, 4) is 0 Å². The first-order valence-electron chi connectivity index (χ1n) is 7.64. The SMILES string of the molecule is C[C@@H]1CN(CC(=O)NCCC2=CCCCC2)CCN1. The molecule has 1 saturated heterocycles. The number of rotatable bonds is 5. The van der Waals surface area contributed by atoms with Crippen LogP contribution in [0.3, 0.4) is 0 Å². The van der Waals surface area contributed by atoms with Crippen LogP contribution in [0.2, 0.25) is 0 Å². The summed E-state index contributed by atoms with van der Waals surface area (Å²) >= 11 is 0. The number of amides is 1. The second kappa shape index (κ2) is 7.65. The zero-order valence-corrected chi connectivity index (χ0v) is 12.1. The van der Waals surface area contributed by atoms with Gasteiger partial charge in [-0.2, -0.15) is 0 Å². The summed E-state index contributed by atoms with van der Waals surface area (Å²) in [6, 6.07) is 0.494. The molecule has 2 aliphatic rings. The van der Waals surface area contributed by atoms with Gasteiger partial charge in [-0.15, -0.1) is 0 Å². The molecule has 0 aromatic rings. The van der Waals surface area contributed by atoms with Gasteiger partial charge in [-0.05, 0) is 39.0 Å². The summed E-state index contributed by atoms with van der Waals surface area (Å²) in [4.78, 5) is 14.1. The summed E-state index contributed by atoms with van der Waals surface area (Å²) in [5.41, 5.74) is 1.53. The van der Waals surface area contributed by atoms with Gasteiger partial charge in [0.05, 0.1) is 6.54 Å². The highest BCUT2D eigenvalue weighted by Gasteiger charge is 2.17. The number of piperazine rings is 1. The third-order valence-corrected chi connectivity index (χ3v) is 3.97. The monoisotopic (exact) mass is 265 g/mol. The maximum atomic E-state index is 11.9. The van der Waals surface area contributed by atoms with Crippen molar-refractivity contribution in [1.82, 2.24) is 15.5 Å². The lowest BCUT2D eigenvalue weighted by atomic mass is 9.97. The molecule has 1 fully saturated rings. The van der Waals surface area contributed by atoms with Crippen molar-refractivity contribution in [3.05, 3.63) is 11.6 Å². The third-order valence-electron chi connectivity index (χ3n) is 3.97. The van der Waals surface area contributed by atoms with Crippen LogP contribution in [0, 0.1) is 0 Å². The average molecular weight is 265 g/mol. The van der Waals surface area contributed by atoms with Crippen LogP contribution in [0.25, 0.3) is 0 Å². The first kappa shape index (κ1) is 14.5. The summed E-state index contributed by atoms with van der Waals surface area (Å²) in [6.45, 7) is 6.44. The first-order chi connectivity index (χ1) is 9.24. The van der Waals surface area contributed by atoms with Gasteiger partial charge in [-0.3, -0.25) is 9.69 Å². The average Bonchev–Trinajstić information content (AvgIpc) is 2.40. The van der Waals surface area contributed by atoms with Gasteiger partial charge in [-0.1, -0.05) is 11.6 Å². The van der Waals surface area contributed by atoms with Crippen molar-refractivity contribution in [2.75, 3.05) is 32.7 Å². The van der Waals surface area contributed by atoms with Crippen LogP contribution in [0.1, 0.15) is 39.0 Å². The fraction of sp³-hybridized carbons (Fsp3) is 0.800. The zero-order valence-electron chi connectivity index (χ0n) is 12.1. The normalized spacial score (nSPS) is 24.9. The topological polar surface area (TPSA) is 44.4 Å². The molecular formula is C15H27N3O. The van der Waals surface area contributed by atoms with Crippen LogP contribution < -0.4 is 10.6 Å². The van der Waals surface area contributed by atoms with E-state index < -0.39 is 0 Å². The van der Waals surface area contributed by atoms with Crippen LogP contribution in [-0.2, 0) is 4.79 Å². The van der Waals surface area contributed by atoms with E-state index in [1.54, 1.807) is 0 Å². The summed E-state index contributed by atoms with van der Waals surface area (Å²) in [6.07, 6.45) is 8.49. The Kier molecular flexibility index (Phi) is 5.86. The zero-order chi connectivity index (χ0) is 13.5. The molecule has 0 radical (unpaired) electrons. The van der Waals surface area contributed by atoms with Gasteiger partial charge in [0, 0.05) is 32.2 Å². The van der Waals surface area contributed by atoms with Crippen LogP contribution in [0.15, 0.2) is 11.6 Å². The molecule has 2 rings (SSSR count). The number of allylic oxidation sites excluding steroid dienone is 1. The van der Waals surface area contributed by atoms with Gasteiger partial charge in [0.25, 0.3) is 0 Å². The first-order valence-corrected chi connectivity index (χ1v) is 7.64. The lowest BCUT2D eigenvalue weighted by Gasteiger charge is -2.31. The summed E-state index contributed by atoms with van der Waals surface area (Å²) in [5, 5.41) is 6.44. The Morgan fingerprint density at radius 2 is 2.42 bits per heavy atom. The highest BCUT2D eigenvalue weighted by atomic mass is 16.2. The fourth-order valence-corrected chi connectivity index (χ4v) is 2.91. The van der Waals surface area contributed by atoms with E-state index in [0.29, 0.717) is 12.6 Å². The number of hydrogen-bond acceptors (Lipinski definition) is 3. The third kappa shape index (κ3) is 5.33. The molecule has 0 aromatic heterocycles. The maximum Gasteiger partial charge on any atom is 0.234 e. The quantitative estimate of drug-likeness (QED) is 0.736. The van der Waals surface area contributed by atoms with Gasteiger partial charge in [0.2, 0.25) is 5.91 Å². The van der Waals surface area contributed by atoms with E-state index in [1.807, 2.05) is 0 Å². The van der Waals surface area contributed by atoms with Crippen molar-refractivity contribution in [1.29, 1.82) is 0 Å². The van der Waals surface area contributed by atoms with Crippen LogP contribution >= 0.6 is 0 Å². The number of nitrogens with one attached hydrogen (secondary N) is 2. The molecule has 4 heteroatoms. The van der Waals surface area contributed by atoms with Crippen molar-refractivity contribution < 1.29 is 4.79 Å². The Morgan fingerprint density at radius 3 is 3.16 bits per heavy atom. The molecule has 0 aromatic carbocycles. The molecule has 1 amide bonds. The van der Waals surface area contributed by atoms with Crippen molar-refractivity contribution in [2.24, 2.45) is 0 Å². The van der Waals surface area contributed by atoms with Crippen LogP contribution in [0.4, 0.5) is 0 Å². The van der Waals surface area contributed by atoms with Crippen molar-refractivity contribution in [2.45, 2.75) is 45.1 Å². The van der Waals surface area contributed by atoms with Crippen molar-refractivity contribution >= 4 is 5.91 Å². The Hall–Kier alpha value is -0.870. The molecule has 0 bridgehead atoms. The Bertz CT molecular complexity index is 327. The van der Waals surface area contributed by atoms with Crippen molar-refractivity contribution in [3.63, 3.8) is 0 Å². The van der Waals surface area contributed by atoms with Crippen LogP contribution in [-0.4, -0.2) is 49.6 Å². The second-order valence-electron chi connectivity index (χ2n) is 5.80. The molecular weight excluding hydrogens is 238 g/mol. The lowest BCUT2D eigenvalue weighted by molar-refractivity contribution is -0.122. The van der Waals surface area contributed by atoms with E-state index in [9.17, 15) is 4.79 Å². The molecule has 108 valence electrons. The largest absolute Gasteiger partial charge is 0.355 e. The summed E-state index contributed by atoms with van der Waals surface area (Å²) in [5.74, 6) is 0.172. The van der Waals surface area contributed by atoms with Gasteiger partial charge < -0.3 is 10.6 Å². The minimum atomic E-state index is 0.172. The Labute approximate surface area is 116 Å². The number of carbonyl (C=O) groups excluding carboxylic acids is 1. The number of nitrogens with zero attached hydrogens (tertiary/aromatic N) is 1. The molecule has 19 heavy (non-hydrogen) atoms. The Balaban J connectivity index is 1.60. The van der Waals surface area contributed by atoms with Gasteiger partial charge in [0.15, 0.2) is 0 Å². The molecule has 0 saturated carbocycles. The predicted molar refractivity (Wildman–Crippen MR) is 78.1 cm³/mol. The number of hydrogen-bond donors (Lipinski definition) is 2. The maximum absolute atomic E-state index is 11.9. The second-order valence-corrected chi connectivity index (χ2v) is 5.80. The molecule has 1 atom stereocenters. The molecule has 1 heterocycles. The van der Waals surface area contributed by atoms with Crippen LogP contribution in [0.5, 0.6) is 0 Å². The van der Waals surface area contributed by atoms with E-state index in [0.717, 1.165) is 32.6 Å². The lowest BCUT2D eigenvalue weighted by Crippen LogP contribution is -2.51. The highest BCUT2D eigenvalue weighted by Crippen LogP contribution is 2.19. The van der Waals surface area contributed by atoms with Gasteiger partial charge in [0.1, 0.15) is 0 Å². The predicted octanol–water partition coefficient (Wildman–Crippen LogP) is 1.29. The summed E-state index contributed by atoms with van der Waals surface area (Å²) < 4.78 is 0. The van der Waals surface area contributed by atoms with Gasteiger partial charge >= 0.3 is 0 Å². The molecule has 1 aliphatic carbocycles. The van der Waals surface area contributed by atoms with E-state index >= 15 is 0 Å². The summed E-state index contributed by atoms with van der Waals surface area (Å²) in [7, 11) is 0. The van der Waals surface area contributed by atoms with E-state index in [2.05, 4.69) is 28.5 Å². The number of carbonyl (C=O) groups is 1. The molecule has 0 unspecified atom stereocenters. The molecule has 4 nitrogen and oxygen atoms in total. The minimum Gasteiger partial charge on any atom is -0.355 e. The van der Waals surface area contributed by atoms with E-state index in [-0.39, 0.29) is 5.91 Å². The molecule has 1 aliphatic heterocycles.